The molecule has 0 atom stereocenters. The number of aryl methyl sites for hydroxylation is 1. The van der Waals surface area contributed by atoms with E-state index < -0.39 is 10.0 Å². The first-order chi connectivity index (χ1) is 11.1. The molecule has 23 heavy (non-hydrogen) atoms. The predicted molar refractivity (Wildman–Crippen MR) is 89.6 cm³/mol. The smallest absolute Gasteiger partial charge is 0.243 e. The van der Waals surface area contributed by atoms with E-state index >= 15 is 0 Å². The predicted octanol–water partition coefficient (Wildman–Crippen LogP) is 2.84. The van der Waals surface area contributed by atoms with Gasteiger partial charge in [-0.25, -0.2) is 8.42 Å². The number of sulfonamides is 1. The van der Waals surface area contributed by atoms with E-state index in [0.29, 0.717) is 24.6 Å². The van der Waals surface area contributed by atoms with Crippen molar-refractivity contribution < 1.29 is 13.2 Å². The van der Waals surface area contributed by atoms with E-state index in [1.165, 1.54) is 4.31 Å². The Bertz CT molecular complexity index is 736. The summed E-state index contributed by atoms with van der Waals surface area (Å²) >= 11 is 0. The van der Waals surface area contributed by atoms with Gasteiger partial charge in [0, 0.05) is 13.1 Å². The van der Waals surface area contributed by atoms with Crippen LogP contribution in [-0.4, -0.2) is 31.9 Å². The van der Waals surface area contributed by atoms with Crippen LogP contribution in [0.3, 0.4) is 0 Å². The van der Waals surface area contributed by atoms with Crippen LogP contribution >= 0.6 is 0 Å². The van der Waals surface area contributed by atoms with Gasteiger partial charge in [-0.05, 0) is 29.7 Å². The second-order valence-corrected chi connectivity index (χ2v) is 7.68. The average Bonchev–Trinajstić information content (AvgIpc) is 2.54. The third kappa shape index (κ3) is 3.63. The standard InChI is InChI=1S/C18H21NO3S/c1-2-15-8-10-18(11-9-15)23(20,21)19-12-17(13-19)22-14-16-6-4-3-5-7-16/h3-11,17H,2,12-14H2,1H3. The minimum Gasteiger partial charge on any atom is -0.371 e. The van der Waals surface area contributed by atoms with E-state index in [9.17, 15) is 8.42 Å². The molecule has 2 aromatic rings. The highest BCUT2D eigenvalue weighted by molar-refractivity contribution is 7.89. The summed E-state index contributed by atoms with van der Waals surface area (Å²) in [6.45, 7) is 3.41. The molecule has 1 aliphatic heterocycles. The maximum absolute atomic E-state index is 12.5. The Morgan fingerprint density at radius 2 is 1.65 bits per heavy atom. The van der Waals surface area contributed by atoms with E-state index in [1.807, 2.05) is 49.4 Å². The lowest BCUT2D eigenvalue weighted by atomic mass is 10.2. The molecule has 122 valence electrons. The molecule has 0 N–H and O–H groups in total. The van der Waals surface area contributed by atoms with Gasteiger partial charge in [-0.3, -0.25) is 0 Å². The summed E-state index contributed by atoms with van der Waals surface area (Å²) in [6, 6.07) is 17.0. The maximum atomic E-state index is 12.5. The van der Waals surface area contributed by atoms with E-state index in [1.54, 1.807) is 12.1 Å². The molecule has 1 heterocycles. The summed E-state index contributed by atoms with van der Waals surface area (Å²) in [5.74, 6) is 0. The van der Waals surface area contributed by atoms with Crippen molar-refractivity contribution in [3.8, 4) is 0 Å². The van der Waals surface area contributed by atoms with Crippen molar-refractivity contribution >= 4 is 10.0 Å². The Kier molecular flexibility index (Phi) is 4.80. The molecule has 0 bridgehead atoms. The van der Waals surface area contributed by atoms with Crippen molar-refractivity contribution in [3.05, 3.63) is 65.7 Å². The minimum atomic E-state index is -3.39. The van der Waals surface area contributed by atoms with Gasteiger partial charge in [-0.15, -0.1) is 0 Å². The van der Waals surface area contributed by atoms with Crippen molar-refractivity contribution in [3.63, 3.8) is 0 Å². The zero-order valence-electron chi connectivity index (χ0n) is 13.2. The van der Waals surface area contributed by atoms with Gasteiger partial charge in [-0.2, -0.15) is 4.31 Å². The zero-order valence-corrected chi connectivity index (χ0v) is 14.0. The fraction of sp³-hybridized carbons (Fsp3) is 0.333. The molecular formula is C18H21NO3S. The second kappa shape index (κ2) is 6.83. The van der Waals surface area contributed by atoms with Crippen LogP contribution in [-0.2, 0) is 27.8 Å². The molecule has 0 radical (unpaired) electrons. The van der Waals surface area contributed by atoms with E-state index in [4.69, 9.17) is 4.74 Å². The SMILES string of the molecule is CCc1ccc(S(=O)(=O)N2CC(OCc3ccccc3)C2)cc1. The van der Waals surface area contributed by atoms with Crippen LogP contribution in [0.1, 0.15) is 18.1 Å². The van der Waals surface area contributed by atoms with Gasteiger partial charge in [0.2, 0.25) is 10.0 Å². The Morgan fingerprint density at radius 1 is 1.00 bits per heavy atom. The second-order valence-electron chi connectivity index (χ2n) is 5.74. The van der Waals surface area contributed by atoms with E-state index in [2.05, 4.69) is 0 Å². The first-order valence-corrected chi connectivity index (χ1v) is 9.28. The number of nitrogens with zero attached hydrogens (tertiary/aromatic N) is 1. The minimum absolute atomic E-state index is 0.0279. The Balaban J connectivity index is 1.55. The van der Waals surface area contributed by atoms with Crippen molar-refractivity contribution in [2.24, 2.45) is 0 Å². The van der Waals surface area contributed by atoms with Gasteiger partial charge < -0.3 is 4.74 Å². The lowest BCUT2D eigenvalue weighted by Gasteiger charge is -2.37. The molecule has 1 fully saturated rings. The molecule has 0 unspecified atom stereocenters. The lowest BCUT2D eigenvalue weighted by Crippen LogP contribution is -2.54. The fourth-order valence-electron chi connectivity index (χ4n) is 2.54. The van der Waals surface area contributed by atoms with Crippen LogP contribution in [0.25, 0.3) is 0 Å². The number of hydrogen-bond donors (Lipinski definition) is 0. The Morgan fingerprint density at radius 3 is 2.26 bits per heavy atom. The summed E-state index contributed by atoms with van der Waals surface area (Å²) in [7, 11) is -3.39. The topological polar surface area (TPSA) is 46.6 Å². The number of rotatable bonds is 6. The van der Waals surface area contributed by atoms with Crippen LogP contribution in [0.15, 0.2) is 59.5 Å². The largest absolute Gasteiger partial charge is 0.371 e. The molecule has 0 spiro atoms. The van der Waals surface area contributed by atoms with Crippen LogP contribution in [0.4, 0.5) is 0 Å². The van der Waals surface area contributed by atoms with Crippen LogP contribution in [0, 0.1) is 0 Å². The molecule has 1 saturated heterocycles. The number of benzene rings is 2. The highest BCUT2D eigenvalue weighted by atomic mass is 32.2. The van der Waals surface area contributed by atoms with Crippen molar-refractivity contribution in [1.29, 1.82) is 0 Å². The van der Waals surface area contributed by atoms with E-state index in [0.717, 1.165) is 17.5 Å². The summed E-state index contributed by atoms with van der Waals surface area (Å²) in [6.07, 6.45) is 0.874. The quantitative estimate of drug-likeness (QED) is 0.818. The van der Waals surface area contributed by atoms with Crippen LogP contribution < -0.4 is 0 Å². The third-order valence-corrected chi connectivity index (χ3v) is 5.96. The number of ether oxygens (including phenoxy) is 1. The monoisotopic (exact) mass is 331 g/mol. The molecule has 5 heteroatoms. The van der Waals surface area contributed by atoms with Gasteiger partial charge >= 0.3 is 0 Å². The molecule has 0 saturated carbocycles. The Hall–Kier alpha value is -1.69. The molecule has 0 amide bonds. The van der Waals surface area contributed by atoms with Crippen LogP contribution in [0.5, 0.6) is 0 Å². The highest BCUT2D eigenvalue weighted by Gasteiger charge is 2.37. The van der Waals surface area contributed by atoms with Gasteiger partial charge in [0.15, 0.2) is 0 Å². The zero-order chi connectivity index (χ0) is 16.3. The average molecular weight is 331 g/mol. The summed E-state index contributed by atoms with van der Waals surface area (Å²) in [5.41, 5.74) is 2.24. The molecule has 1 aliphatic rings. The van der Waals surface area contributed by atoms with Crippen LogP contribution in [0.2, 0.25) is 0 Å². The molecule has 2 aromatic carbocycles. The number of hydrogen-bond acceptors (Lipinski definition) is 3. The first-order valence-electron chi connectivity index (χ1n) is 7.84. The van der Waals surface area contributed by atoms with Gasteiger partial charge in [0.25, 0.3) is 0 Å². The summed E-state index contributed by atoms with van der Waals surface area (Å²) in [5, 5.41) is 0. The summed E-state index contributed by atoms with van der Waals surface area (Å²) in [4.78, 5) is 0.358. The highest BCUT2D eigenvalue weighted by Crippen LogP contribution is 2.24. The van der Waals surface area contributed by atoms with Gasteiger partial charge in [0.1, 0.15) is 0 Å². The molecule has 0 aromatic heterocycles. The normalized spacial score (nSPS) is 16.2. The fourth-order valence-corrected chi connectivity index (χ4v) is 4.04. The van der Waals surface area contributed by atoms with E-state index in [-0.39, 0.29) is 6.10 Å². The molecule has 4 nitrogen and oxygen atoms in total. The van der Waals surface area contributed by atoms with Gasteiger partial charge in [0.05, 0.1) is 17.6 Å². The molecular weight excluding hydrogens is 310 g/mol. The third-order valence-electron chi connectivity index (χ3n) is 4.11. The van der Waals surface area contributed by atoms with Gasteiger partial charge in [-0.1, -0.05) is 49.4 Å². The summed E-state index contributed by atoms with van der Waals surface area (Å²) < 4.78 is 32.2. The lowest BCUT2D eigenvalue weighted by molar-refractivity contribution is -0.0295. The van der Waals surface area contributed by atoms with Crippen molar-refractivity contribution in [2.45, 2.75) is 31.0 Å². The van der Waals surface area contributed by atoms with Crippen molar-refractivity contribution in [1.82, 2.24) is 4.31 Å². The molecule has 0 aliphatic carbocycles. The van der Waals surface area contributed by atoms with Crippen molar-refractivity contribution in [2.75, 3.05) is 13.1 Å². The maximum Gasteiger partial charge on any atom is 0.243 e. The first kappa shape index (κ1) is 16.2. The molecule has 3 rings (SSSR count). The Labute approximate surface area is 137 Å².